The summed E-state index contributed by atoms with van der Waals surface area (Å²) in [5, 5.41) is 12.0. The first-order valence-electron chi connectivity index (χ1n) is 8.81. The highest BCUT2D eigenvalue weighted by atomic mass is 35.5. The Morgan fingerprint density at radius 3 is 2.00 bits per heavy atom. The van der Waals surface area contributed by atoms with Gasteiger partial charge in [0.2, 0.25) is 5.75 Å². The lowest BCUT2D eigenvalue weighted by atomic mass is 10.1. The van der Waals surface area contributed by atoms with Crippen molar-refractivity contribution >= 4 is 29.2 Å². The van der Waals surface area contributed by atoms with E-state index in [1.165, 1.54) is 18.2 Å². The molecule has 0 saturated carbocycles. The van der Waals surface area contributed by atoms with Gasteiger partial charge in [-0.25, -0.2) is 4.79 Å². The van der Waals surface area contributed by atoms with Crippen LogP contribution in [0, 0.1) is 0 Å². The first-order valence-corrected chi connectivity index (χ1v) is 9.19. The van der Waals surface area contributed by atoms with E-state index >= 15 is 0 Å². The summed E-state index contributed by atoms with van der Waals surface area (Å²) in [4.78, 5) is 23.9. The Morgan fingerprint density at radius 2 is 1.50 bits per heavy atom. The molecular formula is C20H22ClNO6. The molecule has 0 aliphatic rings. The van der Waals surface area contributed by atoms with E-state index in [1.807, 2.05) is 20.8 Å². The minimum absolute atomic E-state index is 0.0106. The Bertz CT molecular complexity index is 841. The predicted molar refractivity (Wildman–Crippen MR) is 106 cm³/mol. The van der Waals surface area contributed by atoms with Gasteiger partial charge in [-0.2, -0.15) is 0 Å². The molecule has 0 heterocycles. The van der Waals surface area contributed by atoms with E-state index in [1.54, 1.807) is 12.1 Å². The highest BCUT2D eigenvalue weighted by Gasteiger charge is 2.19. The number of anilines is 1. The maximum Gasteiger partial charge on any atom is 0.335 e. The Morgan fingerprint density at radius 1 is 0.929 bits per heavy atom. The van der Waals surface area contributed by atoms with Crippen molar-refractivity contribution in [2.24, 2.45) is 0 Å². The van der Waals surface area contributed by atoms with Crippen molar-refractivity contribution in [3.05, 3.63) is 46.5 Å². The number of ether oxygens (including phenoxy) is 3. The second kappa shape index (κ2) is 9.85. The summed E-state index contributed by atoms with van der Waals surface area (Å²) in [5.74, 6) is -0.426. The third-order valence-corrected chi connectivity index (χ3v) is 3.96. The van der Waals surface area contributed by atoms with Crippen LogP contribution in [-0.2, 0) is 0 Å². The van der Waals surface area contributed by atoms with Crippen LogP contribution < -0.4 is 19.5 Å². The largest absolute Gasteiger partial charge is 0.490 e. The molecule has 0 fully saturated rings. The molecule has 0 aromatic heterocycles. The monoisotopic (exact) mass is 407 g/mol. The van der Waals surface area contributed by atoms with Gasteiger partial charge in [0, 0.05) is 5.56 Å². The second-order valence-corrected chi connectivity index (χ2v) is 5.96. The minimum Gasteiger partial charge on any atom is -0.490 e. The molecule has 2 N–H and O–H groups in total. The topological polar surface area (TPSA) is 94.1 Å². The van der Waals surface area contributed by atoms with Crippen molar-refractivity contribution in [3.63, 3.8) is 0 Å². The van der Waals surface area contributed by atoms with Crippen LogP contribution >= 0.6 is 11.6 Å². The van der Waals surface area contributed by atoms with E-state index in [2.05, 4.69) is 5.32 Å². The van der Waals surface area contributed by atoms with E-state index < -0.39 is 11.9 Å². The van der Waals surface area contributed by atoms with Gasteiger partial charge < -0.3 is 24.6 Å². The Balaban J connectivity index is 2.42. The zero-order valence-electron chi connectivity index (χ0n) is 15.9. The number of halogens is 1. The molecule has 0 aliphatic heterocycles. The number of hydrogen-bond acceptors (Lipinski definition) is 5. The van der Waals surface area contributed by atoms with Gasteiger partial charge in [-0.3, -0.25) is 4.79 Å². The van der Waals surface area contributed by atoms with Gasteiger partial charge in [0.05, 0.1) is 36.1 Å². The van der Waals surface area contributed by atoms with Crippen LogP contribution in [0.2, 0.25) is 5.02 Å². The normalized spacial score (nSPS) is 10.3. The number of aromatic carboxylic acids is 1. The lowest BCUT2D eigenvalue weighted by Gasteiger charge is -2.17. The molecule has 0 atom stereocenters. The van der Waals surface area contributed by atoms with E-state index in [-0.39, 0.29) is 21.8 Å². The number of hydrogen-bond donors (Lipinski definition) is 2. The van der Waals surface area contributed by atoms with Crippen LogP contribution in [0.3, 0.4) is 0 Å². The summed E-state index contributed by atoms with van der Waals surface area (Å²) < 4.78 is 16.8. The summed E-state index contributed by atoms with van der Waals surface area (Å²) in [5.41, 5.74) is 0.458. The number of carbonyl (C=O) groups excluding carboxylic acids is 1. The fraction of sp³-hybridized carbons (Fsp3) is 0.300. The van der Waals surface area contributed by atoms with E-state index in [4.69, 9.17) is 30.9 Å². The summed E-state index contributed by atoms with van der Waals surface area (Å²) in [6, 6.07) is 7.15. The molecule has 7 nitrogen and oxygen atoms in total. The summed E-state index contributed by atoms with van der Waals surface area (Å²) in [6.45, 7) is 6.64. The van der Waals surface area contributed by atoms with E-state index in [0.29, 0.717) is 37.1 Å². The molecule has 2 aromatic rings. The molecule has 0 spiro atoms. The van der Waals surface area contributed by atoms with Crippen LogP contribution in [-0.4, -0.2) is 36.8 Å². The molecule has 2 rings (SSSR count). The Labute approximate surface area is 168 Å². The highest BCUT2D eigenvalue weighted by Crippen LogP contribution is 2.39. The maximum atomic E-state index is 12.8. The summed E-state index contributed by atoms with van der Waals surface area (Å²) in [6.07, 6.45) is 0. The summed E-state index contributed by atoms with van der Waals surface area (Å²) >= 11 is 6.08. The number of carboxylic acids is 1. The van der Waals surface area contributed by atoms with Gasteiger partial charge in [-0.15, -0.1) is 0 Å². The van der Waals surface area contributed by atoms with Gasteiger partial charge in [-0.1, -0.05) is 11.6 Å². The minimum atomic E-state index is -1.12. The van der Waals surface area contributed by atoms with Gasteiger partial charge in [0.1, 0.15) is 0 Å². The molecule has 0 aliphatic carbocycles. The zero-order chi connectivity index (χ0) is 20.7. The average molecular weight is 408 g/mol. The Kier molecular flexibility index (Phi) is 7.52. The standard InChI is InChI=1S/C20H22ClNO6/c1-4-26-16-10-13(11-17(27-5-2)18(16)28-6-3)19(23)22-15-9-12(20(24)25)7-8-14(15)21/h7-11H,4-6H2,1-3H3,(H,22,23)(H,24,25). The molecule has 0 radical (unpaired) electrons. The third-order valence-electron chi connectivity index (χ3n) is 3.63. The average Bonchev–Trinajstić information content (AvgIpc) is 2.66. The van der Waals surface area contributed by atoms with Crippen LogP contribution in [0.25, 0.3) is 0 Å². The lowest BCUT2D eigenvalue weighted by Crippen LogP contribution is -2.14. The van der Waals surface area contributed by atoms with Gasteiger partial charge in [0.15, 0.2) is 11.5 Å². The number of carbonyl (C=O) groups is 2. The molecule has 0 bridgehead atoms. The van der Waals surface area contributed by atoms with Crippen molar-refractivity contribution < 1.29 is 28.9 Å². The number of amides is 1. The molecule has 0 saturated heterocycles. The first-order chi connectivity index (χ1) is 13.4. The molecular weight excluding hydrogens is 386 g/mol. The summed E-state index contributed by atoms with van der Waals surface area (Å²) in [7, 11) is 0. The third kappa shape index (κ3) is 5.07. The van der Waals surface area contributed by atoms with Crippen molar-refractivity contribution in [1.29, 1.82) is 0 Å². The molecule has 28 heavy (non-hydrogen) atoms. The number of carboxylic acid groups (broad SMARTS) is 1. The van der Waals surface area contributed by atoms with Crippen molar-refractivity contribution in [1.82, 2.24) is 0 Å². The fourth-order valence-corrected chi connectivity index (χ4v) is 2.63. The van der Waals surface area contributed by atoms with Crippen LogP contribution in [0.1, 0.15) is 41.5 Å². The molecule has 150 valence electrons. The quantitative estimate of drug-likeness (QED) is 0.636. The fourth-order valence-electron chi connectivity index (χ4n) is 2.47. The molecule has 0 unspecified atom stereocenters. The number of rotatable bonds is 9. The highest BCUT2D eigenvalue weighted by molar-refractivity contribution is 6.34. The van der Waals surface area contributed by atoms with Crippen molar-refractivity contribution in [2.45, 2.75) is 20.8 Å². The predicted octanol–water partition coefficient (Wildman–Crippen LogP) is 4.49. The smallest absolute Gasteiger partial charge is 0.335 e. The van der Waals surface area contributed by atoms with Crippen LogP contribution in [0.15, 0.2) is 30.3 Å². The SMILES string of the molecule is CCOc1cc(C(=O)Nc2cc(C(=O)O)ccc2Cl)cc(OCC)c1OCC. The Hall–Kier alpha value is -2.93. The lowest BCUT2D eigenvalue weighted by molar-refractivity contribution is 0.0696. The van der Waals surface area contributed by atoms with Crippen LogP contribution in [0.5, 0.6) is 17.2 Å². The molecule has 8 heteroatoms. The van der Waals surface area contributed by atoms with E-state index in [9.17, 15) is 9.59 Å². The zero-order valence-corrected chi connectivity index (χ0v) is 16.6. The number of benzene rings is 2. The second-order valence-electron chi connectivity index (χ2n) is 5.55. The van der Waals surface area contributed by atoms with Gasteiger partial charge in [0.25, 0.3) is 5.91 Å². The maximum absolute atomic E-state index is 12.8. The molecule has 2 aromatic carbocycles. The van der Waals surface area contributed by atoms with Gasteiger partial charge in [-0.05, 0) is 51.1 Å². The number of nitrogens with one attached hydrogen (secondary N) is 1. The van der Waals surface area contributed by atoms with Gasteiger partial charge >= 0.3 is 5.97 Å². The molecule has 1 amide bonds. The first kappa shape index (κ1) is 21.4. The van der Waals surface area contributed by atoms with Crippen LogP contribution in [0.4, 0.5) is 5.69 Å². The van der Waals surface area contributed by atoms with Crippen molar-refractivity contribution in [2.75, 3.05) is 25.1 Å². The van der Waals surface area contributed by atoms with Crippen molar-refractivity contribution in [3.8, 4) is 17.2 Å². The van der Waals surface area contributed by atoms with E-state index in [0.717, 1.165) is 0 Å².